The van der Waals surface area contributed by atoms with Gasteiger partial charge in [-0.3, -0.25) is 9.59 Å². The predicted octanol–water partition coefficient (Wildman–Crippen LogP) is 1.94. The summed E-state index contributed by atoms with van der Waals surface area (Å²) in [5.74, 6) is -1.01. The van der Waals surface area contributed by atoms with Gasteiger partial charge in [-0.1, -0.05) is 0 Å². The monoisotopic (exact) mass is 278 g/mol. The molecule has 1 atom stereocenters. The number of carbonyl (C=O) groups is 1. The molecule has 0 saturated heterocycles. The average molecular weight is 278 g/mol. The standard InChI is InChI=1S/C14H14O6/c1-8-6-10(15)13(17)14(20-8)9(7-12(16)18-2)11-4-3-5-19-11/h3-6,9,17H,7H2,1-2H3/t9-/m1/s1. The molecule has 0 spiro atoms. The van der Waals surface area contributed by atoms with Gasteiger partial charge < -0.3 is 18.7 Å². The van der Waals surface area contributed by atoms with Crippen molar-refractivity contribution in [2.24, 2.45) is 0 Å². The first-order chi connectivity index (χ1) is 9.52. The molecule has 20 heavy (non-hydrogen) atoms. The number of esters is 1. The molecule has 1 N–H and O–H groups in total. The maximum absolute atomic E-state index is 11.6. The predicted molar refractivity (Wildman–Crippen MR) is 68.6 cm³/mol. The fourth-order valence-electron chi connectivity index (χ4n) is 1.92. The Morgan fingerprint density at radius 1 is 1.50 bits per heavy atom. The van der Waals surface area contributed by atoms with Crippen LogP contribution in [0.25, 0.3) is 0 Å². The molecule has 0 radical (unpaired) electrons. The first kappa shape index (κ1) is 13.9. The smallest absolute Gasteiger partial charge is 0.306 e. The van der Waals surface area contributed by atoms with Crippen molar-refractivity contribution in [1.82, 2.24) is 0 Å². The van der Waals surface area contributed by atoms with Crippen LogP contribution < -0.4 is 5.43 Å². The Morgan fingerprint density at radius 2 is 2.25 bits per heavy atom. The summed E-state index contributed by atoms with van der Waals surface area (Å²) < 4.78 is 15.3. The number of carbonyl (C=O) groups excluding carboxylic acids is 1. The highest BCUT2D eigenvalue weighted by Crippen LogP contribution is 2.33. The van der Waals surface area contributed by atoms with Crippen molar-refractivity contribution >= 4 is 5.97 Å². The topological polar surface area (TPSA) is 89.9 Å². The van der Waals surface area contributed by atoms with E-state index in [-0.39, 0.29) is 12.2 Å². The number of hydrogen-bond acceptors (Lipinski definition) is 6. The second kappa shape index (κ2) is 5.64. The van der Waals surface area contributed by atoms with Crippen molar-refractivity contribution in [2.75, 3.05) is 7.11 Å². The Bertz CT molecular complexity index is 653. The van der Waals surface area contributed by atoms with Gasteiger partial charge in [-0.2, -0.15) is 0 Å². The number of aryl methyl sites for hydroxylation is 1. The number of aromatic hydroxyl groups is 1. The maximum atomic E-state index is 11.6. The van der Waals surface area contributed by atoms with Crippen LogP contribution in [0.15, 0.2) is 38.1 Å². The molecule has 0 saturated carbocycles. The maximum Gasteiger partial charge on any atom is 0.306 e. The van der Waals surface area contributed by atoms with Gasteiger partial charge in [0.1, 0.15) is 11.5 Å². The number of methoxy groups -OCH3 is 1. The minimum Gasteiger partial charge on any atom is -0.502 e. The van der Waals surface area contributed by atoms with Gasteiger partial charge in [0, 0.05) is 6.07 Å². The fraction of sp³-hybridized carbons (Fsp3) is 0.286. The summed E-state index contributed by atoms with van der Waals surface area (Å²) in [5, 5.41) is 9.88. The van der Waals surface area contributed by atoms with Crippen LogP contribution in [0.4, 0.5) is 0 Å². The van der Waals surface area contributed by atoms with Gasteiger partial charge in [-0.15, -0.1) is 0 Å². The van der Waals surface area contributed by atoms with E-state index in [1.807, 2.05) is 0 Å². The van der Waals surface area contributed by atoms with Gasteiger partial charge in [-0.05, 0) is 19.1 Å². The highest BCUT2D eigenvalue weighted by molar-refractivity contribution is 5.71. The van der Waals surface area contributed by atoms with E-state index in [0.717, 1.165) is 0 Å². The number of ether oxygens (including phenoxy) is 1. The van der Waals surface area contributed by atoms with Crippen LogP contribution in [-0.2, 0) is 9.53 Å². The lowest BCUT2D eigenvalue weighted by atomic mass is 9.98. The third-order valence-electron chi connectivity index (χ3n) is 2.87. The first-order valence-corrected chi connectivity index (χ1v) is 5.96. The van der Waals surface area contributed by atoms with E-state index >= 15 is 0 Å². The van der Waals surface area contributed by atoms with Crippen molar-refractivity contribution in [1.29, 1.82) is 0 Å². The minimum atomic E-state index is -0.718. The molecular formula is C14H14O6. The zero-order valence-electron chi connectivity index (χ0n) is 11.1. The molecule has 2 aromatic rings. The number of furan rings is 1. The average Bonchev–Trinajstić information content (AvgIpc) is 2.94. The summed E-state index contributed by atoms with van der Waals surface area (Å²) in [4.78, 5) is 23.1. The van der Waals surface area contributed by atoms with Crippen LogP contribution in [0.1, 0.15) is 29.6 Å². The second-order valence-electron chi connectivity index (χ2n) is 4.28. The van der Waals surface area contributed by atoms with Gasteiger partial charge in [0.25, 0.3) is 0 Å². The molecule has 106 valence electrons. The zero-order valence-corrected chi connectivity index (χ0v) is 11.1. The number of rotatable bonds is 4. The summed E-state index contributed by atoms with van der Waals surface area (Å²) in [7, 11) is 1.26. The van der Waals surface area contributed by atoms with Crippen molar-refractivity contribution in [3.63, 3.8) is 0 Å². The van der Waals surface area contributed by atoms with Gasteiger partial charge in [0.2, 0.25) is 11.2 Å². The van der Waals surface area contributed by atoms with Crippen LogP contribution in [-0.4, -0.2) is 18.2 Å². The highest BCUT2D eigenvalue weighted by atomic mass is 16.5. The van der Waals surface area contributed by atoms with Crippen LogP contribution >= 0.6 is 0 Å². The van der Waals surface area contributed by atoms with Gasteiger partial charge in [0.05, 0.1) is 25.7 Å². The molecule has 0 aliphatic rings. The van der Waals surface area contributed by atoms with Gasteiger partial charge >= 0.3 is 5.97 Å². The van der Waals surface area contributed by atoms with Crippen molar-refractivity contribution in [2.45, 2.75) is 19.3 Å². The van der Waals surface area contributed by atoms with E-state index in [2.05, 4.69) is 4.74 Å². The van der Waals surface area contributed by atoms with E-state index < -0.39 is 23.1 Å². The third kappa shape index (κ3) is 2.74. The molecule has 0 amide bonds. The van der Waals surface area contributed by atoms with E-state index in [0.29, 0.717) is 11.5 Å². The van der Waals surface area contributed by atoms with Gasteiger partial charge in [0.15, 0.2) is 5.76 Å². The van der Waals surface area contributed by atoms with Gasteiger partial charge in [-0.25, -0.2) is 0 Å². The number of hydrogen-bond donors (Lipinski definition) is 1. The molecular weight excluding hydrogens is 264 g/mol. The molecule has 0 aliphatic heterocycles. The molecule has 0 bridgehead atoms. The van der Waals surface area contributed by atoms with Crippen molar-refractivity contribution in [3.05, 3.63) is 52.0 Å². The lowest BCUT2D eigenvalue weighted by molar-refractivity contribution is -0.141. The lowest BCUT2D eigenvalue weighted by Crippen LogP contribution is -2.13. The Morgan fingerprint density at radius 3 is 2.85 bits per heavy atom. The Hall–Kier alpha value is -2.50. The van der Waals surface area contributed by atoms with E-state index in [4.69, 9.17) is 8.83 Å². The molecule has 6 heteroatoms. The summed E-state index contributed by atoms with van der Waals surface area (Å²) >= 11 is 0. The molecule has 0 aliphatic carbocycles. The van der Waals surface area contributed by atoms with E-state index in [1.165, 1.54) is 19.4 Å². The van der Waals surface area contributed by atoms with E-state index in [1.54, 1.807) is 19.1 Å². The molecule has 6 nitrogen and oxygen atoms in total. The molecule has 0 fully saturated rings. The molecule has 0 aromatic carbocycles. The fourth-order valence-corrected chi connectivity index (χ4v) is 1.92. The van der Waals surface area contributed by atoms with E-state index in [9.17, 15) is 14.7 Å². The molecule has 0 unspecified atom stereocenters. The lowest BCUT2D eigenvalue weighted by Gasteiger charge is -2.14. The zero-order chi connectivity index (χ0) is 14.7. The van der Waals surface area contributed by atoms with Crippen molar-refractivity contribution in [3.8, 4) is 5.75 Å². The normalized spacial score (nSPS) is 12.1. The second-order valence-corrected chi connectivity index (χ2v) is 4.28. The SMILES string of the molecule is COC(=O)C[C@H](c1ccco1)c1oc(C)cc(=O)c1O. The Kier molecular flexibility index (Phi) is 3.93. The summed E-state index contributed by atoms with van der Waals surface area (Å²) in [5.41, 5.74) is -0.565. The summed E-state index contributed by atoms with van der Waals surface area (Å²) in [6.45, 7) is 1.58. The Labute approximate surface area is 114 Å². The summed E-state index contributed by atoms with van der Waals surface area (Å²) in [6, 6.07) is 4.45. The first-order valence-electron chi connectivity index (χ1n) is 5.96. The van der Waals surface area contributed by atoms with Crippen LogP contribution in [0, 0.1) is 6.92 Å². The van der Waals surface area contributed by atoms with Crippen molar-refractivity contribution < 1.29 is 23.5 Å². The quantitative estimate of drug-likeness (QED) is 0.859. The largest absolute Gasteiger partial charge is 0.502 e. The molecule has 2 heterocycles. The third-order valence-corrected chi connectivity index (χ3v) is 2.87. The van der Waals surface area contributed by atoms with Crippen LogP contribution in [0.5, 0.6) is 5.75 Å². The minimum absolute atomic E-state index is 0.00431. The van der Waals surface area contributed by atoms with Crippen LogP contribution in [0.2, 0.25) is 0 Å². The molecule has 2 aromatic heterocycles. The highest BCUT2D eigenvalue weighted by Gasteiger charge is 2.28. The summed E-state index contributed by atoms with van der Waals surface area (Å²) in [6.07, 6.45) is 1.33. The molecule has 2 rings (SSSR count). The Balaban J connectivity index is 2.52. The van der Waals surface area contributed by atoms with Crippen LogP contribution in [0.3, 0.4) is 0 Å².